The second-order valence-corrected chi connectivity index (χ2v) is 7.95. The van der Waals surface area contributed by atoms with Gasteiger partial charge < -0.3 is 14.2 Å². The van der Waals surface area contributed by atoms with Crippen molar-refractivity contribution in [1.29, 1.82) is 0 Å². The number of benzene rings is 2. The van der Waals surface area contributed by atoms with Crippen molar-refractivity contribution >= 4 is 28.7 Å². The first-order valence-corrected chi connectivity index (χ1v) is 10.7. The fourth-order valence-electron chi connectivity index (χ4n) is 3.56. The highest BCUT2D eigenvalue weighted by Crippen LogP contribution is 2.27. The number of rotatable bonds is 7. The molecule has 4 rings (SSSR count). The summed E-state index contributed by atoms with van der Waals surface area (Å²) in [5.41, 5.74) is 4.11. The van der Waals surface area contributed by atoms with E-state index in [1.807, 2.05) is 35.2 Å². The molecule has 0 unspecified atom stereocenters. The van der Waals surface area contributed by atoms with E-state index in [0.29, 0.717) is 6.61 Å². The number of hydrogen-bond acceptors (Lipinski definition) is 4. The number of carbonyl (C=O) groups excluding carboxylic acids is 1. The molecular formula is C22H25N3O2S. The summed E-state index contributed by atoms with van der Waals surface area (Å²) in [4.78, 5) is 19.2. The van der Waals surface area contributed by atoms with Crippen LogP contribution in [0.1, 0.15) is 28.8 Å². The van der Waals surface area contributed by atoms with Gasteiger partial charge in [0.1, 0.15) is 0 Å². The quantitative estimate of drug-likeness (QED) is 0.562. The van der Waals surface area contributed by atoms with Gasteiger partial charge in [0.05, 0.1) is 17.6 Å². The minimum atomic E-state index is 0.151. The molecule has 1 saturated heterocycles. The van der Waals surface area contributed by atoms with Crippen LogP contribution in [0.25, 0.3) is 11.0 Å². The molecule has 5 nitrogen and oxygen atoms in total. The van der Waals surface area contributed by atoms with Crippen LogP contribution in [0.5, 0.6) is 0 Å². The summed E-state index contributed by atoms with van der Waals surface area (Å²) in [5.74, 6) is 0.965. The van der Waals surface area contributed by atoms with Gasteiger partial charge in [-0.15, -0.1) is 0 Å². The largest absolute Gasteiger partial charge is 0.383 e. The third-order valence-corrected chi connectivity index (χ3v) is 6.15. The number of nitrogens with zero attached hydrogens (tertiary/aromatic N) is 3. The first-order chi connectivity index (χ1) is 13.8. The van der Waals surface area contributed by atoms with Crippen LogP contribution in [-0.4, -0.2) is 47.2 Å². The molecule has 1 aromatic heterocycles. The number of imidazole rings is 1. The van der Waals surface area contributed by atoms with E-state index in [2.05, 4.69) is 22.8 Å². The van der Waals surface area contributed by atoms with Gasteiger partial charge in [-0.05, 0) is 42.7 Å². The van der Waals surface area contributed by atoms with Crippen LogP contribution >= 0.6 is 11.8 Å². The predicted octanol–water partition coefficient (Wildman–Crippen LogP) is 4.21. The maximum absolute atomic E-state index is 12.5. The van der Waals surface area contributed by atoms with Crippen molar-refractivity contribution in [3.8, 4) is 0 Å². The maximum Gasteiger partial charge on any atom is 0.253 e. The average molecular weight is 396 g/mol. The fraction of sp³-hybridized carbons (Fsp3) is 0.364. The molecule has 1 fully saturated rings. The van der Waals surface area contributed by atoms with Crippen molar-refractivity contribution in [2.75, 3.05) is 26.8 Å². The zero-order valence-corrected chi connectivity index (χ0v) is 17.0. The van der Waals surface area contributed by atoms with Crippen molar-refractivity contribution < 1.29 is 9.53 Å². The number of thioether (sulfide) groups is 1. The summed E-state index contributed by atoms with van der Waals surface area (Å²) in [6.45, 7) is 3.20. The Morgan fingerprint density at radius 2 is 1.86 bits per heavy atom. The Morgan fingerprint density at radius 1 is 1.11 bits per heavy atom. The third kappa shape index (κ3) is 4.08. The van der Waals surface area contributed by atoms with Gasteiger partial charge in [-0.25, -0.2) is 4.98 Å². The SMILES string of the molecule is COCCn1c(SCc2ccc(C(=O)N3CCCC3)cc2)nc2ccccc21. The minimum Gasteiger partial charge on any atom is -0.383 e. The van der Waals surface area contributed by atoms with E-state index >= 15 is 0 Å². The average Bonchev–Trinajstić information content (AvgIpc) is 3.38. The zero-order chi connectivity index (χ0) is 19.3. The molecule has 0 N–H and O–H groups in total. The van der Waals surface area contributed by atoms with E-state index in [4.69, 9.17) is 9.72 Å². The minimum absolute atomic E-state index is 0.151. The Kier molecular flexibility index (Phi) is 5.98. The number of fused-ring (bicyclic) bond motifs is 1. The van der Waals surface area contributed by atoms with Crippen LogP contribution in [0.4, 0.5) is 0 Å². The molecule has 28 heavy (non-hydrogen) atoms. The first kappa shape index (κ1) is 19.0. The lowest BCUT2D eigenvalue weighted by atomic mass is 10.1. The highest BCUT2D eigenvalue weighted by atomic mass is 32.2. The lowest BCUT2D eigenvalue weighted by Gasteiger charge is -2.15. The summed E-state index contributed by atoms with van der Waals surface area (Å²) in [7, 11) is 1.72. The number of para-hydroxylation sites is 2. The van der Waals surface area contributed by atoms with Gasteiger partial charge >= 0.3 is 0 Å². The van der Waals surface area contributed by atoms with Crippen LogP contribution in [0.3, 0.4) is 0 Å². The van der Waals surface area contributed by atoms with E-state index in [0.717, 1.165) is 60.0 Å². The number of hydrogen-bond donors (Lipinski definition) is 0. The second kappa shape index (κ2) is 8.80. The number of carbonyl (C=O) groups is 1. The van der Waals surface area contributed by atoms with Crippen molar-refractivity contribution in [3.05, 3.63) is 59.7 Å². The predicted molar refractivity (Wildman–Crippen MR) is 113 cm³/mol. The van der Waals surface area contributed by atoms with E-state index in [1.54, 1.807) is 18.9 Å². The number of ether oxygens (including phenoxy) is 1. The lowest BCUT2D eigenvalue weighted by molar-refractivity contribution is 0.0793. The molecule has 1 aliphatic heterocycles. The van der Waals surface area contributed by atoms with E-state index in [9.17, 15) is 4.79 Å². The number of methoxy groups -OCH3 is 1. The molecule has 0 bridgehead atoms. The van der Waals surface area contributed by atoms with Gasteiger partial charge in [0, 0.05) is 38.1 Å². The van der Waals surface area contributed by atoms with Gasteiger partial charge in [-0.3, -0.25) is 4.79 Å². The number of amides is 1. The van der Waals surface area contributed by atoms with Crippen LogP contribution in [0.15, 0.2) is 53.7 Å². The molecule has 0 saturated carbocycles. The molecule has 3 aromatic rings. The smallest absolute Gasteiger partial charge is 0.253 e. The van der Waals surface area contributed by atoms with Crippen LogP contribution in [-0.2, 0) is 17.0 Å². The Balaban J connectivity index is 1.46. The number of likely N-dealkylation sites (tertiary alicyclic amines) is 1. The Bertz CT molecular complexity index is 946. The summed E-state index contributed by atoms with van der Waals surface area (Å²) in [6, 6.07) is 16.2. The van der Waals surface area contributed by atoms with E-state index in [-0.39, 0.29) is 5.91 Å². The topological polar surface area (TPSA) is 47.4 Å². The Morgan fingerprint density at radius 3 is 2.61 bits per heavy atom. The molecule has 2 aromatic carbocycles. The molecule has 0 spiro atoms. The van der Waals surface area contributed by atoms with Crippen LogP contribution < -0.4 is 0 Å². The second-order valence-electron chi connectivity index (χ2n) is 7.01. The summed E-state index contributed by atoms with van der Waals surface area (Å²) in [6.07, 6.45) is 2.23. The van der Waals surface area contributed by atoms with Gasteiger partial charge in [0.2, 0.25) is 0 Å². The zero-order valence-electron chi connectivity index (χ0n) is 16.1. The summed E-state index contributed by atoms with van der Waals surface area (Å²) >= 11 is 1.72. The van der Waals surface area contributed by atoms with E-state index < -0.39 is 0 Å². The fourth-order valence-corrected chi connectivity index (χ4v) is 4.55. The normalized spacial score (nSPS) is 14.1. The highest BCUT2D eigenvalue weighted by Gasteiger charge is 2.19. The molecule has 0 aliphatic carbocycles. The maximum atomic E-state index is 12.5. The standard InChI is InChI=1S/C22H25N3O2S/c1-27-15-14-25-20-7-3-2-6-19(20)23-22(25)28-16-17-8-10-18(11-9-17)21(26)24-12-4-5-13-24/h2-3,6-11H,4-5,12-16H2,1H3. The monoisotopic (exact) mass is 395 g/mol. The van der Waals surface area contributed by atoms with Crippen molar-refractivity contribution in [2.24, 2.45) is 0 Å². The molecule has 0 atom stereocenters. The first-order valence-electron chi connectivity index (χ1n) is 9.71. The third-order valence-electron chi connectivity index (χ3n) is 5.10. The van der Waals surface area contributed by atoms with Crippen molar-refractivity contribution in [3.63, 3.8) is 0 Å². The summed E-state index contributed by atoms with van der Waals surface area (Å²) < 4.78 is 7.48. The Hall–Kier alpha value is -2.31. The lowest BCUT2D eigenvalue weighted by Crippen LogP contribution is -2.27. The van der Waals surface area contributed by atoms with Crippen LogP contribution in [0.2, 0.25) is 0 Å². The molecule has 1 aliphatic rings. The van der Waals surface area contributed by atoms with Crippen molar-refractivity contribution in [2.45, 2.75) is 30.3 Å². The molecular weight excluding hydrogens is 370 g/mol. The highest BCUT2D eigenvalue weighted by molar-refractivity contribution is 7.98. The summed E-state index contributed by atoms with van der Waals surface area (Å²) in [5, 5.41) is 0.996. The molecule has 6 heteroatoms. The molecule has 146 valence electrons. The van der Waals surface area contributed by atoms with Gasteiger partial charge in [-0.2, -0.15) is 0 Å². The van der Waals surface area contributed by atoms with Gasteiger partial charge in [0.25, 0.3) is 5.91 Å². The number of aromatic nitrogens is 2. The van der Waals surface area contributed by atoms with Crippen LogP contribution in [0, 0.1) is 0 Å². The van der Waals surface area contributed by atoms with E-state index in [1.165, 1.54) is 5.56 Å². The molecule has 1 amide bonds. The van der Waals surface area contributed by atoms with Gasteiger partial charge in [0.15, 0.2) is 5.16 Å². The molecule has 2 heterocycles. The van der Waals surface area contributed by atoms with Gasteiger partial charge in [-0.1, -0.05) is 36.0 Å². The Labute approximate surface area is 169 Å². The van der Waals surface area contributed by atoms with Crippen molar-refractivity contribution in [1.82, 2.24) is 14.5 Å². The molecule has 0 radical (unpaired) electrons.